The van der Waals surface area contributed by atoms with Gasteiger partial charge in [0.2, 0.25) is 0 Å². The summed E-state index contributed by atoms with van der Waals surface area (Å²) in [6, 6.07) is 5.74. The van der Waals surface area contributed by atoms with Gasteiger partial charge in [-0.1, -0.05) is 18.2 Å². The second-order valence-corrected chi connectivity index (χ2v) is 6.84. The van der Waals surface area contributed by atoms with Crippen molar-refractivity contribution in [3.05, 3.63) is 53.6 Å². The van der Waals surface area contributed by atoms with Crippen molar-refractivity contribution in [3.63, 3.8) is 0 Å². The quantitative estimate of drug-likeness (QED) is 0.824. The molecule has 0 radical (unpaired) electrons. The first kappa shape index (κ1) is 18.5. The molecule has 140 valence electrons. The molecule has 1 aliphatic heterocycles. The molecule has 0 unspecified atom stereocenters. The topological polar surface area (TPSA) is 38.1 Å². The highest BCUT2D eigenvalue weighted by molar-refractivity contribution is 5.92. The molecule has 0 N–H and O–H groups in total. The van der Waals surface area contributed by atoms with E-state index >= 15 is 0 Å². The van der Waals surface area contributed by atoms with Gasteiger partial charge in [-0.05, 0) is 43.2 Å². The van der Waals surface area contributed by atoms with Crippen LogP contribution >= 0.6 is 0 Å². The van der Waals surface area contributed by atoms with Gasteiger partial charge < -0.3 is 9.47 Å². The fourth-order valence-corrected chi connectivity index (χ4v) is 3.58. The van der Waals surface area contributed by atoms with Crippen LogP contribution in [0.3, 0.4) is 0 Å². The third kappa shape index (κ3) is 4.08. The molecule has 7 heteroatoms. The van der Waals surface area contributed by atoms with Crippen LogP contribution in [-0.4, -0.2) is 33.4 Å². The molecule has 0 bridgehead atoms. The zero-order valence-corrected chi connectivity index (χ0v) is 14.7. The van der Waals surface area contributed by atoms with E-state index in [0.717, 1.165) is 18.9 Å². The third-order valence-electron chi connectivity index (χ3n) is 4.99. The number of aromatic nitrogens is 2. The molecule has 4 nitrogen and oxygen atoms in total. The summed E-state index contributed by atoms with van der Waals surface area (Å²) in [6.07, 6.45) is 1.62. The smallest absolute Gasteiger partial charge is 0.337 e. The fourth-order valence-electron chi connectivity index (χ4n) is 3.58. The number of halogens is 3. The van der Waals surface area contributed by atoms with Crippen molar-refractivity contribution in [2.24, 2.45) is 13.0 Å². The summed E-state index contributed by atoms with van der Waals surface area (Å²) in [5, 5.41) is 0. The van der Waals surface area contributed by atoms with Gasteiger partial charge in [-0.25, -0.2) is 4.98 Å². The molecule has 1 aliphatic rings. The molecule has 0 spiro atoms. The number of amides is 1. The molecule has 1 fully saturated rings. The Hall–Kier alpha value is -2.31. The SMILES string of the molecule is Cn1cncc1C(=O)N1CCC[C@@H](CCc2ccccc2C(F)(F)F)C1. The minimum Gasteiger partial charge on any atom is -0.337 e. The number of carbonyl (C=O) groups excluding carboxylic acids is 1. The number of likely N-dealkylation sites (tertiary alicyclic amines) is 1. The largest absolute Gasteiger partial charge is 0.416 e. The van der Waals surface area contributed by atoms with Crippen LogP contribution in [-0.2, 0) is 19.6 Å². The van der Waals surface area contributed by atoms with Crippen molar-refractivity contribution >= 4 is 5.91 Å². The summed E-state index contributed by atoms with van der Waals surface area (Å²) in [4.78, 5) is 18.4. The molecular weight excluding hydrogens is 343 g/mol. The minimum atomic E-state index is -4.33. The number of imidazole rings is 1. The molecule has 1 aromatic carbocycles. The average molecular weight is 365 g/mol. The monoisotopic (exact) mass is 365 g/mol. The Labute approximate surface area is 150 Å². The minimum absolute atomic E-state index is 0.0645. The molecule has 26 heavy (non-hydrogen) atoms. The third-order valence-corrected chi connectivity index (χ3v) is 4.99. The maximum atomic E-state index is 13.1. The van der Waals surface area contributed by atoms with E-state index in [9.17, 15) is 18.0 Å². The van der Waals surface area contributed by atoms with Crippen LogP contribution in [0.15, 0.2) is 36.8 Å². The normalized spacial score (nSPS) is 18.2. The number of nitrogens with zero attached hydrogens (tertiary/aromatic N) is 3. The van der Waals surface area contributed by atoms with E-state index in [1.165, 1.54) is 6.07 Å². The molecule has 1 aromatic heterocycles. The van der Waals surface area contributed by atoms with E-state index in [1.54, 1.807) is 41.2 Å². The van der Waals surface area contributed by atoms with E-state index in [-0.39, 0.29) is 11.8 Å². The van der Waals surface area contributed by atoms with Crippen LogP contribution in [0.4, 0.5) is 13.2 Å². The van der Waals surface area contributed by atoms with Crippen LogP contribution in [0.1, 0.15) is 40.9 Å². The number of alkyl halides is 3. The molecule has 2 heterocycles. The Kier molecular flexibility index (Phi) is 5.34. The van der Waals surface area contributed by atoms with Crippen molar-refractivity contribution in [2.75, 3.05) is 13.1 Å². The molecule has 0 aliphatic carbocycles. The number of carbonyl (C=O) groups is 1. The number of rotatable bonds is 4. The van der Waals surface area contributed by atoms with Crippen LogP contribution in [0, 0.1) is 5.92 Å². The highest BCUT2D eigenvalue weighted by Crippen LogP contribution is 2.33. The lowest BCUT2D eigenvalue weighted by atomic mass is 9.90. The lowest BCUT2D eigenvalue weighted by molar-refractivity contribution is -0.138. The molecule has 1 amide bonds. The number of aryl methyl sites for hydroxylation is 2. The predicted octanol–water partition coefficient (Wildman–Crippen LogP) is 3.92. The number of benzene rings is 1. The van der Waals surface area contributed by atoms with Crippen molar-refractivity contribution in [2.45, 2.75) is 31.9 Å². The zero-order valence-electron chi connectivity index (χ0n) is 14.7. The summed E-state index contributed by atoms with van der Waals surface area (Å²) in [6.45, 7) is 1.26. The van der Waals surface area contributed by atoms with Gasteiger partial charge in [0.25, 0.3) is 5.91 Å². The number of hydrogen-bond donors (Lipinski definition) is 0. The first-order valence-electron chi connectivity index (χ1n) is 8.77. The molecule has 1 atom stereocenters. The van der Waals surface area contributed by atoms with Gasteiger partial charge in [-0.15, -0.1) is 0 Å². The highest BCUT2D eigenvalue weighted by Gasteiger charge is 2.33. The summed E-state index contributed by atoms with van der Waals surface area (Å²) in [5.74, 6) is 0.146. The molecule has 0 saturated carbocycles. The Morgan fingerprint density at radius 1 is 1.31 bits per heavy atom. The van der Waals surface area contributed by atoms with Gasteiger partial charge in [0.1, 0.15) is 5.69 Å². The fraction of sp³-hybridized carbons (Fsp3) is 0.474. The zero-order chi connectivity index (χ0) is 18.7. The lowest BCUT2D eigenvalue weighted by Gasteiger charge is -2.33. The first-order valence-corrected chi connectivity index (χ1v) is 8.77. The van der Waals surface area contributed by atoms with Crippen molar-refractivity contribution < 1.29 is 18.0 Å². The van der Waals surface area contributed by atoms with Crippen LogP contribution in [0.25, 0.3) is 0 Å². The van der Waals surface area contributed by atoms with Crippen molar-refractivity contribution in [1.29, 1.82) is 0 Å². The first-order chi connectivity index (χ1) is 12.4. The molecule has 2 aromatic rings. The average Bonchev–Trinajstić information content (AvgIpc) is 3.05. The Morgan fingerprint density at radius 3 is 2.77 bits per heavy atom. The van der Waals surface area contributed by atoms with Crippen LogP contribution in [0.5, 0.6) is 0 Å². The summed E-state index contributed by atoms with van der Waals surface area (Å²) in [7, 11) is 1.77. The van der Waals surface area contributed by atoms with Gasteiger partial charge in [0, 0.05) is 20.1 Å². The van der Waals surface area contributed by atoms with E-state index in [2.05, 4.69) is 4.98 Å². The second-order valence-electron chi connectivity index (χ2n) is 6.84. The van der Waals surface area contributed by atoms with Gasteiger partial charge in [-0.2, -0.15) is 13.2 Å². The summed E-state index contributed by atoms with van der Waals surface area (Å²) >= 11 is 0. The Balaban J connectivity index is 1.63. The maximum Gasteiger partial charge on any atom is 0.416 e. The van der Waals surface area contributed by atoms with E-state index < -0.39 is 11.7 Å². The summed E-state index contributed by atoms with van der Waals surface area (Å²) in [5.41, 5.74) is 0.307. The van der Waals surface area contributed by atoms with E-state index in [1.807, 2.05) is 0 Å². The standard InChI is InChI=1S/C19H22F3N3O/c1-24-13-23-11-17(24)18(26)25-10-4-5-14(12-25)8-9-15-6-2-3-7-16(15)19(20,21)22/h2-3,6-7,11,13-14H,4-5,8-10,12H2,1H3/t14-/m0/s1. The molecule has 1 saturated heterocycles. The predicted molar refractivity (Wildman–Crippen MR) is 91.6 cm³/mol. The molecule has 3 rings (SSSR count). The van der Waals surface area contributed by atoms with Crippen LogP contribution in [0.2, 0.25) is 0 Å². The summed E-state index contributed by atoms with van der Waals surface area (Å²) < 4.78 is 41.0. The van der Waals surface area contributed by atoms with Crippen molar-refractivity contribution in [3.8, 4) is 0 Å². The Bertz CT molecular complexity index is 769. The highest BCUT2D eigenvalue weighted by atomic mass is 19.4. The van der Waals surface area contributed by atoms with Gasteiger partial charge >= 0.3 is 6.18 Å². The van der Waals surface area contributed by atoms with Crippen molar-refractivity contribution in [1.82, 2.24) is 14.5 Å². The van der Waals surface area contributed by atoms with E-state index in [0.29, 0.717) is 37.2 Å². The van der Waals surface area contributed by atoms with Gasteiger partial charge in [0.05, 0.1) is 18.1 Å². The number of hydrogen-bond acceptors (Lipinski definition) is 2. The van der Waals surface area contributed by atoms with Gasteiger partial charge in [0.15, 0.2) is 0 Å². The van der Waals surface area contributed by atoms with Gasteiger partial charge in [-0.3, -0.25) is 4.79 Å². The van der Waals surface area contributed by atoms with E-state index in [4.69, 9.17) is 0 Å². The molecular formula is C19H22F3N3O. The number of piperidine rings is 1. The Morgan fingerprint density at radius 2 is 2.08 bits per heavy atom. The lowest BCUT2D eigenvalue weighted by Crippen LogP contribution is -2.40. The van der Waals surface area contributed by atoms with Crippen LogP contribution < -0.4 is 0 Å². The second kappa shape index (κ2) is 7.51. The maximum absolute atomic E-state index is 13.1.